The molecule has 0 N–H and O–H groups in total. The van der Waals surface area contributed by atoms with Gasteiger partial charge in [-0.25, -0.2) is 0 Å². The Kier molecular flexibility index (Phi) is 2.07. The van der Waals surface area contributed by atoms with Crippen LogP contribution in [0.1, 0.15) is 60.8 Å². The first-order valence-corrected chi connectivity index (χ1v) is 7.08. The molecule has 1 fully saturated rings. The summed E-state index contributed by atoms with van der Waals surface area (Å²) in [5, 5.41) is 0. The fourth-order valence-electron chi connectivity index (χ4n) is 4.21. The van der Waals surface area contributed by atoms with Crippen molar-refractivity contribution in [1.82, 2.24) is 0 Å². The molecule has 0 radical (unpaired) electrons. The van der Waals surface area contributed by atoms with Crippen LogP contribution in [-0.4, -0.2) is 11.7 Å². The number of rotatable bonds is 0. The molecule has 1 nitrogen and oxygen atoms in total. The molecule has 1 heterocycles. The molecule has 1 heteroatoms. The Morgan fingerprint density at radius 2 is 1.71 bits per heavy atom. The summed E-state index contributed by atoms with van der Waals surface area (Å²) in [6.07, 6.45) is 4.20. The molecule has 3 atom stereocenters. The summed E-state index contributed by atoms with van der Waals surface area (Å²) < 4.78 is 5.94. The molecule has 3 aliphatic rings. The first kappa shape index (κ1) is 11.8. The summed E-state index contributed by atoms with van der Waals surface area (Å²) >= 11 is 0. The standard InChI is InChI=1S/C16H26O/c1-10-8-14(2,3)11-7-13-16(6,17-13)9-12(11)15(10,4)5/h10,13H,7-9H2,1-6H3. The maximum atomic E-state index is 5.94. The molecule has 0 spiro atoms. The summed E-state index contributed by atoms with van der Waals surface area (Å²) in [7, 11) is 0. The normalized spacial score (nSPS) is 46.2. The molecule has 0 amide bonds. The van der Waals surface area contributed by atoms with Gasteiger partial charge in [0.25, 0.3) is 0 Å². The average Bonchev–Trinajstić information content (AvgIpc) is 2.84. The van der Waals surface area contributed by atoms with Gasteiger partial charge in [0.05, 0.1) is 11.7 Å². The predicted octanol–water partition coefficient (Wildman–Crippen LogP) is 4.33. The van der Waals surface area contributed by atoms with Crippen molar-refractivity contribution in [2.75, 3.05) is 0 Å². The van der Waals surface area contributed by atoms with Gasteiger partial charge in [-0.1, -0.05) is 45.8 Å². The molecule has 3 rings (SSSR count). The summed E-state index contributed by atoms with van der Waals surface area (Å²) in [5.41, 5.74) is 4.38. The molecule has 0 saturated carbocycles. The first-order chi connectivity index (χ1) is 7.67. The average molecular weight is 234 g/mol. The van der Waals surface area contributed by atoms with Crippen molar-refractivity contribution in [3.63, 3.8) is 0 Å². The molecule has 0 aromatic rings. The highest BCUT2D eigenvalue weighted by atomic mass is 16.6. The molecule has 0 aromatic heterocycles. The van der Waals surface area contributed by atoms with Crippen LogP contribution < -0.4 is 0 Å². The van der Waals surface area contributed by atoms with E-state index in [0.717, 1.165) is 5.92 Å². The third-order valence-electron chi connectivity index (χ3n) is 5.96. The second kappa shape index (κ2) is 2.99. The summed E-state index contributed by atoms with van der Waals surface area (Å²) in [5.74, 6) is 0.773. The lowest BCUT2D eigenvalue weighted by Gasteiger charge is -2.50. The highest BCUT2D eigenvalue weighted by Gasteiger charge is 2.59. The Hall–Kier alpha value is -0.300. The van der Waals surface area contributed by atoms with Crippen molar-refractivity contribution in [2.45, 2.75) is 72.5 Å². The SMILES string of the molecule is CC1CC(C)(C)C2=C(CC3(C)OC3C2)C1(C)C. The largest absolute Gasteiger partial charge is 0.366 e. The molecule has 1 aliphatic heterocycles. The van der Waals surface area contributed by atoms with Crippen LogP contribution >= 0.6 is 0 Å². The third kappa shape index (κ3) is 1.47. The topological polar surface area (TPSA) is 12.5 Å². The van der Waals surface area contributed by atoms with Crippen LogP contribution in [0, 0.1) is 16.7 Å². The van der Waals surface area contributed by atoms with Gasteiger partial charge in [0.15, 0.2) is 0 Å². The zero-order chi connectivity index (χ0) is 12.6. The Balaban J connectivity index is 2.09. The van der Waals surface area contributed by atoms with E-state index in [1.807, 2.05) is 0 Å². The summed E-state index contributed by atoms with van der Waals surface area (Å²) in [6.45, 7) is 14.5. The fourth-order valence-corrected chi connectivity index (χ4v) is 4.21. The van der Waals surface area contributed by atoms with E-state index in [0.29, 0.717) is 16.9 Å². The highest BCUT2D eigenvalue weighted by Crippen LogP contribution is 2.62. The zero-order valence-corrected chi connectivity index (χ0v) is 12.2. The van der Waals surface area contributed by atoms with Gasteiger partial charge < -0.3 is 4.74 Å². The highest BCUT2D eigenvalue weighted by molar-refractivity contribution is 5.38. The smallest absolute Gasteiger partial charge is 0.0960 e. The second-order valence-corrected chi connectivity index (χ2v) is 7.97. The summed E-state index contributed by atoms with van der Waals surface area (Å²) in [6, 6.07) is 0. The Morgan fingerprint density at radius 3 is 2.35 bits per heavy atom. The van der Waals surface area contributed by atoms with E-state index in [9.17, 15) is 0 Å². The van der Waals surface area contributed by atoms with Crippen LogP contribution in [-0.2, 0) is 4.74 Å². The van der Waals surface area contributed by atoms with Crippen LogP contribution in [0.15, 0.2) is 11.1 Å². The van der Waals surface area contributed by atoms with E-state index in [4.69, 9.17) is 4.74 Å². The lowest BCUT2D eigenvalue weighted by atomic mass is 9.54. The molecule has 96 valence electrons. The Bertz CT molecular complexity index is 402. The Morgan fingerprint density at radius 1 is 1.06 bits per heavy atom. The number of hydrogen-bond donors (Lipinski definition) is 0. The lowest BCUT2D eigenvalue weighted by Crippen LogP contribution is -2.41. The number of epoxide rings is 1. The maximum Gasteiger partial charge on any atom is 0.0960 e. The van der Waals surface area contributed by atoms with Gasteiger partial charge in [-0.15, -0.1) is 0 Å². The molecule has 0 aromatic carbocycles. The van der Waals surface area contributed by atoms with Crippen molar-refractivity contribution in [1.29, 1.82) is 0 Å². The monoisotopic (exact) mass is 234 g/mol. The third-order valence-corrected chi connectivity index (χ3v) is 5.96. The van der Waals surface area contributed by atoms with E-state index in [2.05, 4.69) is 41.5 Å². The van der Waals surface area contributed by atoms with E-state index in [1.165, 1.54) is 19.3 Å². The molecule has 3 unspecified atom stereocenters. The van der Waals surface area contributed by atoms with Crippen molar-refractivity contribution in [2.24, 2.45) is 16.7 Å². The quantitative estimate of drug-likeness (QED) is 0.449. The fraction of sp³-hybridized carbons (Fsp3) is 0.875. The van der Waals surface area contributed by atoms with Gasteiger partial charge in [-0.05, 0) is 36.5 Å². The molecular formula is C16H26O. The second-order valence-electron chi connectivity index (χ2n) is 7.97. The zero-order valence-electron chi connectivity index (χ0n) is 12.2. The Labute approximate surface area is 106 Å². The van der Waals surface area contributed by atoms with Crippen molar-refractivity contribution >= 4 is 0 Å². The van der Waals surface area contributed by atoms with Gasteiger partial charge >= 0.3 is 0 Å². The van der Waals surface area contributed by atoms with Gasteiger partial charge in [0, 0.05) is 6.42 Å². The predicted molar refractivity (Wildman–Crippen MR) is 70.9 cm³/mol. The van der Waals surface area contributed by atoms with E-state index >= 15 is 0 Å². The lowest BCUT2D eigenvalue weighted by molar-refractivity contribution is 0.155. The maximum absolute atomic E-state index is 5.94. The van der Waals surface area contributed by atoms with Crippen molar-refractivity contribution < 1.29 is 4.74 Å². The van der Waals surface area contributed by atoms with Gasteiger partial charge in [-0.2, -0.15) is 0 Å². The minimum Gasteiger partial charge on any atom is -0.366 e. The molecule has 0 bridgehead atoms. The summed E-state index contributed by atoms with van der Waals surface area (Å²) in [4.78, 5) is 0. The number of fused-ring (bicyclic) bond motifs is 1. The van der Waals surface area contributed by atoms with Crippen molar-refractivity contribution in [3.05, 3.63) is 11.1 Å². The molecule has 17 heavy (non-hydrogen) atoms. The number of ether oxygens (including phenoxy) is 1. The molecule has 1 saturated heterocycles. The van der Waals surface area contributed by atoms with Gasteiger partial charge in [-0.3, -0.25) is 0 Å². The van der Waals surface area contributed by atoms with E-state index in [-0.39, 0.29) is 5.60 Å². The van der Waals surface area contributed by atoms with Crippen LogP contribution in [0.25, 0.3) is 0 Å². The van der Waals surface area contributed by atoms with E-state index in [1.54, 1.807) is 11.1 Å². The van der Waals surface area contributed by atoms with Crippen molar-refractivity contribution in [3.8, 4) is 0 Å². The van der Waals surface area contributed by atoms with Gasteiger partial charge in [0.1, 0.15) is 0 Å². The first-order valence-electron chi connectivity index (χ1n) is 7.08. The van der Waals surface area contributed by atoms with E-state index < -0.39 is 0 Å². The molecule has 2 aliphatic carbocycles. The minimum absolute atomic E-state index is 0.184. The minimum atomic E-state index is 0.184. The van der Waals surface area contributed by atoms with Crippen LogP contribution in [0.4, 0.5) is 0 Å². The number of hydrogen-bond acceptors (Lipinski definition) is 1. The van der Waals surface area contributed by atoms with Crippen LogP contribution in [0.3, 0.4) is 0 Å². The van der Waals surface area contributed by atoms with Gasteiger partial charge in [0.2, 0.25) is 0 Å². The van der Waals surface area contributed by atoms with Crippen LogP contribution in [0.5, 0.6) is 0 Å². The van der Waals surface area contributed by atoms with Crippen LogP contribution in [0.2, 0.25) is 0 Å². The molecular weight excluding hydrogens is 208 g/mol.